The van der Waals surface area contributed by atoms with Gasteiger partial charge in [0.2, 0.25) is 5.95 Å². The molecule has 0 unspecified atom stereocenters. The first-order chi connectivity index (χ1) is 13.8. The van der Waals surface area contributed by atoms with E-state index in [2.05, 4.69) is 75.2 Å². The predicted molar refractivity (Wildman–Crippen MR) is 117 cm³/mol. The van der Waals surface area contributed by atoms with Crippen LogP contribution in [0, 0.1) is 5.92 Å². The van der Waals surface area contributed by atoms with E-state index in [9.17, 15) is 0 Å². The molecule has 2 aliphatic rings. The van der Waals surface area contributed by atoms with Gasteiger partial charge < -0.3 is 9.80 Å². The molecule has 0 spiro atoms. The zero-order valence-electron chi connectivity index (χ0n) is 16.9. The van der Waals surface area contributed by atoms with Crippen molar-refractivity contribution in [1.82, 2.24) is 14.9 Å². The number of piperidine rings is 1. The third-order valence-corrected chi connectivity index (χ3v) is 5.86. The molecule has 4 rings (SSSR count). The summed E-state index contributed by atoms with van der Waals surface area (Å²) in [5, 5.41) is 0. The highest BCUT2D eigenvalue weighted by molar-refractivity contribution is 5.49. The van der Waals surface area contributed by atoms with Gasteiger partial charge >= 0.3 is 0 Å². The molecule has 1 aromatic heterocycles. The van der Waals surface area contributed by atoms with Crippen molar-refractivity contribution >= 4 is 17.8 Å². The predicted octanol–water partition coefficient (Wildman–Crippen LogP) is 3.55. The fourth-order valence-electron chi connectivity index (χ4n) is 3.94. The van der Waals surface area contributed by atoms with E-state index in [0.29, 0.717) is 0 Å². The van der Waals surface area contributed by atoms with E-state index < -0.39 is 0 Å². The normalized spacial score (nSPS) is 19.5. The van der Waals surface area contributed by atoms with Crippen LogP contribution >= 0.6 is 0 Å². The molecule has 0 aliphatic carbocycles. The Kier molecular flexibility index (Phi) is 6.22. The first-order valence-electron chi connectivity index (χ1n) is 10.5. The minimum absolute atomic E-state index is 0.823. The van der Waals surface area contributed by atoms with Crippen LogP contribution in [0.3, 0.4) is 0 Å². The minimum atomic E-state index is 0.823. The molecule has 2 aromatic rings. The van der Waals surface area contributed by atoms with E-state index in [1.807, 2.05) is 6.20 Å². The van der Waals surface area contributed by atoms with Gasteiger partial charge in [-0.2, -0.15) is 4.98 Å². The van der Waals surface area contributed by atoms with Crippen LogP contribution in [0.5, 0.6) is 0 Å². The molecule has 2 fully saturated rings. The molecular weight excluding hydrogens is 346 g/mol. The topological polar surface area (TPSA) is 35.5 Å². The van der Waals surface area contributed by atoms with Crippen molar-refractivity contribution in [2.75, 3.05) is 55.6 Å². The Morgan fingerprint density at radius 3 is 2.43 bits per heavy atom. The fourth-order valence-corrected chi connectivity index (χ4v) is 3.94. The number of nitrogens with zero attached hydrogens (tertiary/aromatic N) is 5. The first kappa shape index (κ1) is 18.9. The van der Waals surface area contributed by atoms with E-state index in [1.165, 1.54) is 18.4 Å². The molecule has 0 N–H and O–H groups in total. The fraction of sp³-hybridized carbons (Fsp3) is 0.478. The standard InChI is InChI=1S/C23H31N5/c1-20-10-14-28(15-11-20)23-24-12-9-22(25-23)27-18-16-26(17-19-27)13-5-8-21-6-3-2-4-7-21/h2-9,12,20H,10-11,13-19H2,1H3/b8-5+. The Labute approximate surface area is 168 Å². The van der Waals surface area contributed by atoms with E-state index in [1.54, 1.807) is 0 Å². The van der Waals surface area contributed by atoms with Crippen molar-refractivity contribution in [3.8, 4) is 0 Å². The number of anilines is 2. The average molecular weight is 378 g/mol. The Morgan fingerprint density at radius 2 is 1.68 bits per heavy atom. The lowest BCUT2D eigenvalue weighted by Crippen LogP contribution is -2.46. The van der Waals surface area contributed by atoms with Crippen LogP contribution in [-0.2, 0) is 0 Å². The third-order valence-electron chi connectivity index (χ3n) is 5.86. The summed E-state index contributed by atoms with van der Waals surface area (Å²) < 4.78 is 0. The number of rotatable bonds is 5. The molecule has 0 radical (unpaired) electrons. The summed E-state index contributed by atoms with van der Waals surface area (Å²) in [6.45, 7) is 9.67. The van der Waals surface area contributed by atoms with Crippen LogP contribution in [0.15, 0.2) is 48.7 Å². The maximum absolute atomic E-state index is 4.88. The molecular formula is C23H31N5. The monoisotopic (exact) mass is 377 g/mol. The first-order valence-corrected chi connectivity index (χ1v) is 10.5. The Bertz CT molecular complexity index is 760. The minimum Gasteiger partial charge on any atom is -0.354 e. The van der Waals surface area contributed by atoms with Gasteiger partial charge in [-0.1, -0.05) is 49.4 Å². The lowest BCUT2D eigenvalue weighted by atomic mass is 10.00. The molecule has 2 saturated heterocycles. The Hall–Kier alpha value is -2.40. The number of aromatic nitrogens is 2. The molecule has 0 bridgehead atoms. The van der Waals surface area contributed by atoms with E-state index >= 15 is 0 Å². The Morgan fingerprint density at radius 1 is 0.929 bits per heavy atom. The summed E-state index contributed by atoms with van der Waals surface area (Å²) in [5.41, 5.74) is 1.27. The highest BCUT2D eigenvalue weighted by Gasteiger charge is 2.21. The van der Waals surface area contributed by atoms with Crippen LogP contribution in [-0.4, -0.2) is 60.7 Å². The van der Waals surface area contributed by atoms with Crippen molar-refractivity contribution in [3.05, 3.63) is 54.2 Å². The number of piperazine rings is 1. The molecule has 5 heteroatoms. The summed E-state index contributed by atoms with van der Waals surface area (Å²) in [4.78, 5) is 16.7. The lowest BCUT2D eigenvalue weighted by molar-refractivity contribution is 0.283. The van der Waals surface area contributed by atoms with Crippen molar-refractivity contribution in [1.29, 1.82) is 0 Å². The summed E-state index contributed by atoms with van der Waals surface area (Å²) in [6.07, 6.45) is 8.88. The highest BCUT2D eigenvalue weighted by Crippen LogP contribution is 2.22. The van der Waals surface area contributed by atoms with Gasteiger partial charge in [-0.05, 0) is 30.4 Å². The average Bonchev–Trinajstić information content (AvgIpc) is 2.76. The van der Waals surface area contributed by atoms with E-state index in [0.717, 1.165) is 63.5 Å². The van der Waals surface area contributed by atoms with Gasteiger partial charge in [-0.25, -0.2) is 4.98 Å². The maximum Gasteiger partial charge on any atom is 0.227 e. The van der Waals surface area contributed by atoms with Crippen molar-refractivity contribution in [2.45, 2.75) is 19.8 Å². The second kappa shape index (κ2) is 9.20. The molecule has 0 amide bonds. The zero-order valence-corrected chi connectivity index (χ0v) is 16.9. The van der Waals surface area contributed by atoms with Gasteiger partial charge in [0.05, 0.1) is 0 Å². The summed E-state index contributed by atoms with van der Waals surface area (Å²) in [6, 6.07) is 12.6. The SMILES string of the molecule is CC1CCN(c2nccc(N3CCN(C/C=C/c4ccccc4)CC3)n2)CC1. The largest absolute Gasteiger partial charge is 0.354 e. The smallest absolute Gasteiger partial charge is 0.227 e. The molecule has 0 atom stereocenters. The van der Waals surface area contributed by atoms with Gasteiger partial charge in [-0.15, -0.1) is 0 Å². The third kappa shape index (κ3) is 4.90. The van der Waals surface area contributed by atoms with Crippen molar-refractivity contribution < 1.29 is 0 Å². The molecule has 2 aliphatic heterocycles. The number of benzene rings is 1. The number of hydrogen-bond acceptors (Lipinski definition) is 5. The molecule has 1 aromatic carbocycles. The quantitative estimate of drug-likeness (QED) is 0.796. The molecule has 0 saturated carbocycles. The van der Waals surface area contributed by atoms with E-state index in [-0.39, 0.29) is 0 Å². The lowest BCUT2D eigenvalue weighted by Gasteiger charge is -2.35. The van der Waals surface area contributed by atoms with Crippen LogP contribution in [0.2, 0.25) is 0 Å². The molecule has 28 heavy (non-hydrogen) atoms. The second-order valence-corrected chi connectivity index (χ2v) is 7.99. The van der Waals surface area contributed by atoms with Gasteiger partial charge in [0.1, 0.15) is 5.82 Å². The van der Waals surface area contributed by atoms with Crippen molar-refractivity contribution in [2.24, 2.45) is 5.92 Å². The summed E-state index contributed by atoms with van der Waals surface area (Å²) >= 11 is 0. The molecule has 5 nitrogen and oxygen atoms in total. The molecule has 148 valence electrons. The maximum atomic E-state index is 4.88. The van der Waals surface area contributed by atoms with Crippen LogP contribution in [0.4, 0.5) is 11.8 Å². The van der Waals surface area contributed by atoms with Crippen LogP contribution in [0.1, 0.15) is 25.3 Å². The zero-order chi connectivity index (χ0) is 19.2. The number of hydrogen-bond donors (Lipinski definition) is 0. The Balaban J connectivity index is 1.29. The second-order valence-electron chi connectivity index (χ2n) is 7.99. The highest BCUT2D eigenvalue weighted by atomic mass is 15.3. The van der Waals surface area contributed by atoms with Crippen LogP contribution < -0.4 is 9.80 Å². The molecule has 3 heterocycles. The van der Waals surface area contributed by atoms with Crippen molar-refractivity contribution in [3.63, 3.8) is 0 Å². The summed E-state index contributed by atoms with van der Waals surface area (Å²) in [7, 11) is 0. The van der Waals surface area contributed by atoms with Gasteiger partial charge in [-0.3, -0.25) is 4.90 Å². The van der Waals surface area contributed by atoms with Gasteiger partial charge in [0.25, 0.3) is 0 Å². The van der Waals surface area contributed by atoms with Crippen LogP contribution in [0.25, 0.3) is 6.08 Å². The summed E-state index contributed by atoms with van der Waals surface area (Å²) in [5.74, 6) is 2.80. The van der Waals surface area contributed by atoms with E-state index in [4.69, 9.17) is 4.98 Å². The van der Waals surface area contributed by atoms with Gasteiger partial charge in [0, 0.05) is 52.0 Å². The van der Waals surface area contributed by atoms with Gasteiger partial charge in [0.15, 0.2) is 0 Å².